The topological polar surface area (TPSA) is 24.5 Å². The van der Waals surface area contributed by atoms with Crippen LogP contribution >= 0.6 is 11.3 Å². The maximum absolute atomic E-state index is 5.85. The molecule has 3 nitrogen and oxygen atoms in total. The largest absolute Gasteiger partial charge is 0.492 e. The van der Waals surface area contributed by atoms with E-state index in [-0.39, 0.29) is 0 Å². The summed E-state index contributed by atoms with van der Waals surface area (Å²) in [6, 6.07) is 10.6. The van der Waals surface area contributed by atoms with Crippen LogP contribution in [0.2, 0.25) is 0 Å². The predicted molar refractivity (Wildman–Crippen MR) is 88.0 cm³/mol. The second kappa shape index (κ2) is 7.07. The van der Waals surface area contributed by atoms with E-state index in [1.165, 1.54) is 17.5 Å². The van der Waals surface area contributed by atoms with Crippen LogP contribution in [0.25, 0.3) is 0 Å². The van der Waals surface area contributed by atoms with Gasteiger partial charge in [0.2, 0.25) is 0 Å². The Morgan fingerprint density at radius 1 is 1.24 bits per heavy atom. The Hall–Kier alpha value is -1.36. The van der Waals surface area contributed by atoms with Gasteiger partial charge in [-0.15, -0.1) is 11.3 Å². The van der Waals surface area contributed by atoms with Crippen molar-refractivity contribution in [3.05, 3.63) is 51.7 Å². The van der Waals surface area contributed by atoms with E-state index < -0.39 is 0 Å². The van der Waals surface area contributed by atoms with Crippen molar-refractivity contribution in [1.29, 1.82) is 0 Å². The number of hydrogen-bond acceptors (Lipinski definition) is 4. The maximum atomic E-state index is 5.85. The summed E-state index contributed by atoms with van der Waals surface area (Å²) in [6.45, 7) is 4.87. The first-order chi connectivity index (χ1) is 10.3. The van der Waals surface area contributed by atoms with Crippen molar-refractivity contribution >= 4 is 11.3 Å². The predicted octanol–water partition coefficient (Wildman–Crippen LogP) is 2.90. The molecule has 0 fully saturated rings. The van der Waals surface area contributed by atoms with Gasteiger partial charge in [-0.2, -0.15) is 0 Å². The molecule has 1 aromatic carbocycles. The average molecular weight is 302 g/mol. The van der Waals surface area contributed by atoms with Gasteiger partial charge in [0.05, 0.1) is 0 Å². The van der Waals surface area contributed by atoms with Gasteiger partial charge in [0.1, 0.15) is 12.4 Å². The van der Waals surface area contributed by atoms with E-state index in [9.17, 15) is 0 Å². The monoisotopic (exact) mass is 302 g/mol. The SMILES string of the molecule is CNCc1ccc(OCCN2CCc3sccc3C2)cc1. The number of hydrogen-bond donors (Lipinski definition) is 1. The number of nitrogens with zero attached hydrogens (tertiary/aromatic N) is 1. The lowest BCUT2D eigenvalue weighted by molar-refractivity contribution is 0.197. The molecule has 1 aliphatic heterocycles. The molecule has 0 unspecified atom stereocenters. The minimum absolute atomic E-state index is 0.755. The third-order valence-corrected chi connectivity index (χ3v) is 4.89. The van der Waals surface area contributed by atoms with Gasteiger partial charge in [0.25, 0.3) is 0 Å². The number of ether oxygens (including phenoxy) is 1. The number of thiophene rings is 1. The summed E-state index contributed by atoms with van der Waals surface area (Å²) in [5, 5.41) is 5.35. The molecule has 0 saturated heterocycles. The number of nitrogens with one attached hydrogen (secondary N) is 1. The molecule has 0 saturated carbocycles. The van der Waals surface area contributed by atoms with Gasteiger partial charge in [-0.05, 0) is 48.2 Å². The minimum atomic E-state index is 0.755. The molecule has 0 radical (unpaired) electrons. The van der Waals surface area contributed by atoms with Gasteiger partial charge in [0.15, 0.2) is 0 Å². The summed E-state index contributed by atoms with van der Waals surface area (Å²) in [5.74, 6) is 0.961. The molecular weight excluding hydrogens is 280 g/mol. The first kappa shape index (κ1) is 14.6. The fourth-order valence-electron chi connectivity index (χ4n) is 2.70. The van der Waals surface area contributed by atoms with Crippen molar-refractivity contribution < 1.29 is 4.74 Å². The van der Waals surface area contributed by atoms with Gasteiger partial charge < -0.3 is 10.1 Å². The quantitative estimate of drug-likeness (QED) is 0.888. The fraction of sp³-hybridized carbons (Fsp3) is 0.412. The number of rotatable bonds is 6. The lowest BCUT2D eigenvalue weighted by Gasteiger charge is -2.26. The van der Waals surface area contributed by atoms with E-state index in [0.717, 1.165) is 38.5 Å². The second-order valence-corrected chi connectivity index (χ2v) is 6.42. The third kappa shape index (κ3) is 3.84. The maximum Gasteiger partial charge on any atom is 0.119 e. The van der Waals surface area contributed by atoms with Crippen molar-refractivity contribution in [2.24, 2.45) is 0 Å². The van der Waals surface area contributed by atoms with Crippen LogP contribution in [0.5, 0.6) is 5.75 Å². The summed E-state index contributed by atoms with van der Waals surface area (Å²) in [7, 11) is 1.96. The molecule has 112 valence electrons. The van der Waals surface area contributed by atoms with Gasteiger partial charge in [-0.25, -0.2) is 0 Å². The van der Waals surface area contributed by atoms with Crippen molar-refractivity contribution in [3.63, 3.8) is 0 Å². The van der Waals surface area contributed by atoms with Gasteiger partial charge in [0, 0.05) is 31.1 Å². The zero-order valence-electron chi connectivity index (χ0n) is 12.5. The fourth-order valence-corrected chi connectivity index (χ4v) is 3.59. The van der Waals surface area contributed by atoms with Crippen LogP contribution < -0.4 is 10.1 Å². The van der Waals surface area contributed by atoms with E-state index in [4.69, 9.17) is 4.74 Å². The Kier molecular flexibility index (Phi) is 4.91. The van der Waals surface area contributed by atoms with E-state index in [1.807, 2.05) is 18.4 Å². The van der Waals surface area contributed by atoms with Crippen LogP contribution in [-0.2, 0) is 19.5 Å². The first-order valence-corrected chi connectivity index (χ1v) is 8.37. The number of benzene rings is 1. The van der Waals surface area contributed by atoms with Crippen molar-refractivity contribution in [2.45, 2.75) is 19.5 Å². The molecule has 0 atom stereocenters. The minimum Gasteiger partial charge on any atom is -0.492 e. The molecule has 2 heterocycles. The molecular formula is C17H22N2OS. The molecule has 1 N–H and O–H groups in total. The Labute approximate surface area is 130 Å². The smallest absolute Gasteiger partial charge is 0.119 e. The second-order valence-electron chi connectivity index (χ2n) is 5.42. The molecule has 1 aliphatic rings. The molecule has 0 amide bonds. The Morgan fingerprint density at radius 3 is 2.90 bits per heavy atom. The number of fused-ring (bicyclic) bond motifs is 1. The Morgan fingerprint density at radius 2 is 2.10 bits per heavy atom. The van der Waals surface area contributed by atoms with Crippen molar-refractivity contribution in [3.8, 4) is 5.75 Å². The molecule has 3 rings (SSSR count). The van der Waals surface area contributed by atoms with E-state index >= 15 is 0 Å². The van der Waals surface area contributed by atoms with Gasteiger partial charge in [-0.1, -0.05) is 12.1 Å². The molecule has 4 heteroatoms. The van der Waals surface area contributed by atoms with Crippen LogP contribution in [0.1, 0.15) is 16.0 Å². The van der Waals surface area contributed by atoms with Crippen molar-refractivity contribution in [2.75, 3.05) is 26.7 Å². The van der Waals surface area contributed by atoms with Crippen LogP contribution in [0.15, 0.2) is 35.7 Å². The first-order valence-electron chi connectivity index (χ1n) is 7.49. The lowest BCUT2D eigenvalue weighted by Crippen LogP contribution is -2.33. The van der Waals surface area contributed by atoms with Gasteiger partial charge in [-0.3, -0.25) is 4.90 Å². The summed E-state index contributed by atoms with van der Waals surface area (Å²) in [4.78, 5) is 4.04. The molecule has 0 spiro atoms. The van der Waals surface area contributed by atoms with Crippen LogP contribution in [0.4, 0.5) is 0 Å². The lowest BCUT2D eigenvalue weighted by atomic mass is 10.1. The van der Waals surface area contributed by atoms with E-state index in [0.29, 0.717) is 0 Å². The average Bonchev–Trinajstić information content (AvgIpc) is 2.97. The molecule has 0 bridgehead atoms. The Bertz CT molecular complexity index is 564. The van der Waals surface area contributed by atoms with Crippen LogP contribution in [0, 0.1) is 0 Å². The summed E-state index contributed by atoms with van der Waals surface area (Å²) < 4.78 is 5.85. The summed E-state index contributed by atoms with van der Waals surface area (Å²) in [6.07, 6.45) is 1.19. The highest BCUT2D eigenvalue weighted by molar-refractivity contribution is 7.10. The molecule has 21 heavy (non-hydrogen) atoms. The zero-order valence-corrected chi connectivity index (χ0v) is 13.3. The standard InChI is InChI=1S/C17H22N2OS/c1-18-12-14-2-4-16(5-3-14)20-10-9-19-8-6-17-15(13-19)7-11-21-17/h2-5,7,11,18H,6,8-10,12-13H2,1H3. The highest BCUT2D eigenvalue weighted by atomic mass is 32.1. The highest BCUT2D eigenvalue weighted by Crippen LogP contribution is 2.23. The highest BCUT2D eigenvalue weighted by Gasteiger charge is 2.16. The molecule has 2 aromatic rings. The molecule has 0 aliphatic carbocycles. The Balaban J connectivity index is 1.44. The van der Waals surface area contributed by atoms with Gasteiger partial charge >= 0.3 is 0 Å². The van der Waals surface area contributed by atoms with Crippen LogP contribution in [0.3, 0.4) is 0 Å². The van der Waals surface area contributed by atoms with E-state index in [2.05, 4.69) is 45.9 Å². The van der Waals surface area contributed by atoms with Crippen LogP contribution in [-0.4, -0.2) is 31.6 Å². The summed E-state index contributed by atoms with van der Waals surface area (Å²) >= 11 is 1.89. The normalized spacial score (nSPS) is 14.9. The third-order valence-electron chi connectivity index (χ3n) is 3.87. The zero-order chi connectivity index (χ0) is 14.5. The van der Waals surface area contributed by atoms with Crippen molar-refractivity contribution in [1.82, 2.24) is 10.2 Å². The molecule has 1 aromatic heterocycles. The summed E-state index contributed by atoms with van der Waals surface area (Å²) in [5.41, 5.74) is 2.79. The van der Waals surface area contributed by atoms with E-state index in [1.54, 1.807) is 4.88 Å².